The molecule has 2 rings (SSSR count). The van der Waals surface area contributed by atoms with E-state index >= 15 is 0 Å². The summed E-state index contributed by atoms with van der Waals surface area (Å²) in [7, 11) is 0. The first-order valence-corrected chi connectivity index (χ1v) is 7.58. The second-order valence-corrected chi connectivity index (χ2v) is 5.91. The molecule has 0 bridgehead atoms. The minimum absolute atomic E-state index is 0.443. The summed E-state index contributed by atoms with van der Waals surface area (Å²) in [5.41, 5.74) is 0.841. The van der Waals surface area contributed by atoms with Crippen LogP contribution in [0, 0.1) is 0 Å². The largest absolute Gasteiger partial charge is 0.481 e. The van der Waals surface area contributed by atoms with Crippen molar-refractivity contribution in [1.29, 1.82) is 0 Å². The molecular formula is C16H19NO2S. The van der Waals surface area contributed by atoms with E-state index in [-0.39, 0.29) is 0 Å². The van der Waals surface area contributed by atoms with Crippen molar-refractivity contribution < 1.29 is 9.90 Å². The zero-order valence-electron chi connectivity index (χ0n) is 11.5. The Morgan fingerprint density at radius 2 is 1.90 bits per heavy atom. The van der Waals surface area contributed by atoms with Crippen LogP contribution in [0.15, 0.2) is 42.5 Å². The summed E-state index contributed by atoms with van der Waals surface area (Å²) in [6.45, 7) is 3.30. The van der Waals surface area contributed by atoms with Crippen LogP contribution >= 0.6 is 11.3 Å². The summed E-state index contributed by atoms with van der Waals surface area (Å²) in [4.78, 5) is 14.0. The van der Waals surface area contributed by atoms with Gasteiger partial charge in [0.25, 0.3) is 0 Å². The molecular weight excluding hydrogens is 270 g/mol. The predicted molar refractivity (Wildman–Crippen MR) is 82.2 cm³/mol. The topological polar surface area (TPSA) is 49.3 Å². The van der Waals surface area contributed by atoms with Crippen molar-refractivity contribution in [2.45, 2.75) is 25.8 Å². The summed E-state index contributed by atoms with van der Waals surface area (Å²) >= 11 is 1.78. The van der Waals surface area contributed by atoms with Crippen molar-refractivity contribution in [2.24, 2.45) is 0 Å². The van der Waals surface area contributed by atoms with Crippen LogP contribution in [0.1, 0.15) is 28.2 Å². The van der Waals surface area contributed by atoms with Crippen LogP contribution in [0.3, 0.4) is 0 Å². The molecule has 2 N–H and O–H groups in total. The highest BCUT2D eigenvalue weighted by atomic mass is 32.1. The molecule has 4 heteroatoms. The lowest BCUT2D eigenvalue weighted by Gasteiger charge is -2.13. The number of carboxylic acids is 1. The first kappa shape index (κ1) is 14.8. The molecule has 1 unspecified atom stereocenters. The van der Waals surface area contributed by atoms with E-state index in [2.05, 4.69) is 24.4 Å². The number of rotatable bonds is 7. The molecule has 0 aliphatic rings. The second-order valence-electron chi connectivity index (χ2n) is 4.65. The molecule has 20 heavy (non-hydrogen) atoms. The van der Waals surface area contributed by atoms with Gasteiger partial charge in [-0.05, 0) is 24.1 Å². The summed E-state index contributed by atoms with van der Waals surface area (Å²) in [6, 6.07) is 13.6. The molecule has 2 aromatic rings. The number of nitrogens with one attached hydrogen (secondary N) is 1. The summed E-state index contributed by atoms with van der Waals surface area (Å²) in [6.07, 6.45) is 1.05. The minimum Gasteiger partial charge on any atom is -0.481 e. The molecule has 1 atom stereocenters. The first-order valence-electron chi connectivity index (χ1n) is 6.76. The van der Waals surface area contributed by atoms with Crippen LogP contribution in [-0.4, -0.2) is 17.6 Å². The van der Waals surface area contributed by atoms with Crippen LogP contribution in [0.25, 0.3) is 0 Å². The average Bonchev–Trinajstić information content (AvgIpc) is 2.92. The van der Waals surface area contributed by atoms with E-state index in [0.717, 1.165) is 18.5 Å². The molecule has 3 nitrogen and oxygen atoms in total. The van der Waals surface area contributed by atoms with Crippen LogP contribution in [0.4, 0.5) is 0 Å². The van der Waals surface area contributed by atoms with Crippen molar-refractivity contribution in [1.82, 2.24) is 5.32 Å². The smallest absolute Gasteiger partial charge is 0.312 e. The SMILES string of the molecule is CCc1ccc(CNCC(C(=O)O)c2ccccc2)s1. The molecule has 1 aromatic carbocycles. The zero-order valence-corrected chi connectivity index (χ0v) is 12.3. The Balaban J connectivity index is 1.91. The van der Waals surface area contributed by atoms with Gasteiger partial charge in [-0.3, -0.25) is 4.79 Å². The van der Waals surface area contributed by atoms with Gasteiger partial charge >= 0.3 is 5.97 Å². The van der Waals surface area contributed by atoms with Crippen LogP contribution in [0.5, 0.6) is 0 Å². The molecule has 0 aliphatic heterocycles. The second kappa shape index (κ2) is 7.22. The molecule has 0 fully saturated rings. The maximum atomic E-state index is 11.4. The number of carbonyl (C=O) groups is 1. The van der Waals surface area contributed by atoms with E-state index in [1.165, 1.54) is 9.75 Å². The quantitative estimate of drug-likeness (QED) is 0.822. The third kappa shape index (κ3) is 3.92. The highest BCUT2D eigenvalue weighted by molar-refractivity contribution is 7.11. The van der Waals surface area contributed by atoms with Gasteiger partial charge in [-0.25, -0.2) is 0 Å². The van der Waals surface area contributed by atoms with E-state index in [9.17, 15) is 9.90 Å². The molecule has 106 valence electrons. The first-order chi connectivity index (χ1) is 9.70. The predicted octanol–water partition coefficient (Wildman–Crippen LogP) is 3.27. The number of aliphatic carboxylic acids is 1. The molecule has 0 radical (unpaired) electrons. The fourth-order valence-electron chi connectivity index (χ4n) is 2.08. The van der Waals surface area contributed by atoms with E-state index in [1.54, 1.807) is 11.3 Å². The molecule has 1 heterocycles. The number of hydrogen-bond donors (Lipinski definition) is 2. The zero-order chi connectivity index (χ0) is 14.4. The van der Waals surface area contributed by atoms with Crippen LogP contribution in [-0.2, 0) is 17.8 Å². The van der Waals surface area contributed by atoms with Crippen LogP contribution in [0.2, 0.25) is 0 Å². The Labute approximate surface area is 123 Å². The normalized spacial score (nSPS) is 12.2. The van der Waals surface area contributed by atoms with Crippen molar-refractivity contribution in [3.05, 3.63) is 57.8 Å². The molecule has 0 aliphatic carbocycles. The van der Waals surface area contributed by atoms with Crippen LogP contribution < -0.4 is 5.32 Å². The third-order valence-electron chi connectivity index (χ3n) is 3.21. The minimum atomic E-state index is -0.788. The van der Waals surface area contributed by atoms with Crippen molar-refractivity contribution in [3.8, 4) is 0 Å². The van der Waals surface area contributed by atoms with Crippen molar-refractivity contribution in [2.75, 3.05) is 6.54 Å². The van der Waals surface area contributed by atoms with E-state index in [0.29, 0.717) is 6.54 Å². The van der Waals surface area contributed by atoms with Gasteiger partial charge in [-0.15, -0.1) is 11.3 Å². The summed E-state index contributed by atoms with van der Waals surface area (Å²) in [5.74, 6) is -1.29. The van der Waals surface area contributed by atoms with E-state index < -0.39 is 11.9 Å². The highest BCUT2D eigenvalue weighted by Crippen LogP contribution is 2.18. The maximum absolute atomic E-state index is 11.4. The molecule has 0 saturated carbocycles. The Morgan fingerprint density at radius 3 is 2.50 bits per heavy atom. The van der Waals surface area contributed by atoms with Gasteiger partial charge in [0.05, 0.1) is 5.92 Å². The fourth-order valence-corrected chi connectivity index (χ4v) is 3.01. The van der Waals surface area contributed by atoms with Gasteiger partial charge in [0.2, 0.25) is 0 Å². The standard InChI is InChI=1S/C16H19NO2S/c1-2-13-8-9-14(20-13)10-17-11-15(16(18)19)12-6-4-3-5-7-12/h3-9,15,17H,2,10-11H2,1H3,(H,18,19). The highest BCUT2D eigenvalue weighted by Gasteiger charge is 2.18. The number of thiophene rings is 1. The Bertz CT molecular complexity index is 551. The summed E-state index contributed by atoms with van der Waals surface area (Å²) in [5, 5.41) is 12.6. The molecule has 0 saturated heterocycles. The van der Waals surface area contributed by atoms with E-state index in [1.807, 2.05) is 30.3 Å². The number of carboxylic acid groups (broad SMARTS) is 1. The average molecular weight is 289 g/mol. The third-order valence-corrected chi connectivity index (χ3v) is 4.44. The Hall–Kier alpha value is -1.65. The number of aryl methyl sites for hydroxylation is 1. The van der Waals surface area contributed by atoms with Gasteiger partial charge in [0, 0.05) is 22.8 Å². The lowest BCUT2D eigenvalue weighted by atomic mass is 9.99. The maximum Gasteiger partial charge on any atom is 0.312 e. The van der Waals surface area contributed by atoms with Crippen molar-refractivity contribution in [3.63, 3.8) is 0 Å². The van der Waals surface area contributed by atoms with Gasteiger partial charge in [0.1, 0.15) is 0 Å². The monoisotopic (exact) mass is 289 g/mol. The Morgan fingerprint density at radius 1 is 1.20 bits per heavy atom. The summed E-state index contributed by atoms with van der Waals surface area (Å²) < 4.78 is 0. The van der Waals surface area contributed by atoms with Gasteiger partial charge in [0.15, 0.2) is 0 Å². The Kier molecular flexibility index (Phi) is 5.32. The van der Waals surface area contributed by atoms with Gasteiger partial charge < -0.3 is 10.4 Å². The van der Waals surface area contributed by atoms with Gasteiger partial charge in [-0.1, -0.05) is 37.3 Å². The lowest BCUT2D eigenvalue weighted by Crippen LogP contribution is -2.26. The number of benzene rings is 1. The molecule has 1 aromatic heterocycles. The molecule has 0 spiro atoms. The molecule has 0 amide bonds. The lowest BCUT2D eigenvalue weighted by molar-refractivity contribution is -0.138. The van der Waals surface area contributed by atoms with Gasteiger partial charge in [-0.2, -0.15) is 0 Å². The van der Waals surface area contributed by atoms with E-state index in [4.69, 9.17) is 0 Å². The van der Waals surface area contributed by atoms with Crippen molar-refractivity contribution >= 4 is 17.3 Å². The fraction of sp³-hybridized carbons (Fsp3) is 0.312. The number of hydrogen-bond acceptors (Lipinski definition) is 3.